The van der Waals surface area contributed by atoms with E-state index in [1.54, 1.807) is 6.92 Å². The van der Waals surface area contributed by atoms with Gasteiger partial charge in [-0.1, -0.05) is 44.5 Å². The second-order valence-electron chi connectivity index (χ2n) is 14.9. The van der Waals surface area contributed by atoms with Crippen molar-refractivity contribution in [3.63, 3.8) is 0 Å². The van der Waals surface area contributed by atoms with E-state index >= 15 is 4.39 Å². The van der Waals surface area contributed by atoms with Gasteiger partial charge in [-0.2, -0.15) is 0 Å². The highest BCUT2D eigenvalue weighted by molar-refractivity contribution is 5.68. The zero-order valence-electron chi connectivity index (χ0n) is 35.9. The van der Waals surface area contributed by atoms with E-state index in [0.717, 1.165) is 27.7 Å². The van der Waals surface area contributed by atoms with Crippen LogP contribution in [-0.2, 0) is 66.5 Å². The Hall–Kier alpha value is -6.57. The van der Waals surface area contributed by atoms with E-state index in [0.29, 0.717) is 0 Å². The van der Waals surface area contributed by atoms with Gasteiger partial charge in [0.15, 0.2) is 37.2 Å². The van der Waals surface area contributed by atoms with Crippen molar-refractivity contribution >= 4 is 23.9 Å². The van der Waals surface area contributed by atoms with Crippen molar-refractivity contribution in [1.82, 2.24) is 0 Å². The SMILES string of the molecule is CC[C@H]1O[C@@H](O[C@@H]2[C@@H](OC(C)=O)[C@H](N=[N+]=[N-])C[C@H](N=[N+]=[N-])[C@H]2O[C@H]2O[C@H](CN=[N+]=[N-])[C@H](C)[C@H](F)[C@H]2N=[N+]=[N-])[C@H](OC(C)=O)[C@@H]1O[C@H]1O[C@@H](CN=[N+]=[N-])[C@@H](OC(C)=O)[C@H](OC(C)=O)[C@H]1N=[N+]=[N-]. The lowest BCUT2D eigenvalue weighted by Crippen LogP contribution is -2.63. The highest BCUT2D eigenvalue weighted by Crippen LogP contribution is 2.41. The first-order chi connectivity index (χ1) is 31.6. The molecule has 4 rings (SSSR count). The zero-order valence-corrected chi connectivity index (χ0v) is 35.9. The molecular formula is C33H45FN18O14. The Labute approximate surface area is 371 Å². The maximum Gasteiger partial charge on any atom is 0.303 e. The van der Waals surface area contributed by atoms with E-state index < -0.39 is 153 Å². The molecule has 0 unspecified atom stereocenters. The molecule has 66 heavy (non-hydrogen) atoms. The van der Waals surface area contributed by atoms with Crippen LogP contribution in [0, 0.1) is 5.92 Å². The van der Waals surface area contributed by atoms with Crippen LogP contribution in [-0.4, -0.2) is 147 Å². The first-order valence-electron chi connectivity index (χ1n) is 20.0. The molecule has 1 aliphatic carbocycles. The summed E-state index contributed by atoms with van der Waals surface area (Å²) in [7, 11) is 0. The minimum Gasteiger partial charge on any atom is -0.459 e. The highest BCUT2D eigenvalue weighted by Gasteiger charge is 2.58. The van der Waals surface area contributed by atoms with Gasteiger partial charge in [0.1, 0.15) is 42.7 Å². The molecule has 3 heterocycles. The van der Waals surface area contributed by atoms with E-state index in [9.17, 15) is 41.3 Å². The predicted molar refractivity (Wildman–Crippen MR) is 212 cm³/mol. The lowest BCUT2D eigenvalue weighted by molar-refractivity contribution is -0.299. The van der Waals surface area contributed by atoms with Gasteiger partial charge in [-0.15, -0.1) is 0 Å². The van der Waals surface area contributed by atoms with E-state index in [1.807, 2.05) is 0 Å². The summed E-state index contributed by atoms with van der Waals surface area (Å²) in [5.74, 6) is -4.70. The van der Waals surface area contributed by atoms with Gasteiger partial charge < -0.3 is 47.4 Å². The van der Waals surface area contributed by atoms with E-state index in [4.69, 9.17) is 58.4 Å². The van der Waals surface area contributed by atoms with Crippen molar-refractivity contribution in [3.05, 3.63) is 62.7 Å². The number of azide groups is 6. The summed E-state index contributed by atoms with van der Waals surface area (Å²) >= 11 is 0. The van der Waals surface area contributed by atoms with Crippen LogP contribution in [0.3, 0.4) is 0 Å². The third-order valence-electron chi connectivity index (χ3n) is 10.7. The number of alkyl halides is 1. The highest BCUT2D eigenvalue weighted by atomic mass is 19.1. The first-order valence-corrected chi connectivity index (χ1v) is 20.0. The van der Waals surface area contributed by atoms with E-state index in [2.05, 4.69) is 60.2 Å². The fraction of sp³-hybridized carbons (Fsp3) is 0.879. The fourth-order valence-electron chi connectivity index (χ4n) is 8.00. The second kappa shape index (κ2) is 24.6. The quantitative estimate of drug-likeness (QED) is 0.0530. The van der Waals surface area contributed by atoms with Crippen LogP contribution in [0.5, 0.6) is 0 Å². The molecule has 1 saturated carbocycles. The zero-order chi connectivity index (χ0) is 48.7. The largest absolute Gasteiger partial charge is 0.459 e. The van der Waals surface area contributed by atoms with Crippen molar-refractivity contribution in [1.29, 1.82) is 0 Å². The van der Waals surface area contributed by atoms with Crippen molar-refractivity contribution in [2.75, 3.05) is 13.1 Å². The standard InChI is InChI=1S/C33H45FN18O14/c1-7-18-26(65-32-23(46-52-40)28(59-14(5)55)27(58-13(4)54)20(63-32)10-42-48-36)30(60-15(6)56)33(61-18)66-29-24(57-12(3)53)16(43-49-37)8-17(44-50-38)25(29)64-31-22(45-51-39)21(34)11(2)19(62-31)9-41-47-35/h11,16-33H,7-10H2,1-6H3/t11-,16+,17-,18+,19+,20-,21-,22+,23+,24-,25+,26+,27+,28+,29+,30+,31+,32+,33-/m0/s1. The minimum atomic E-state index is -1.97. The third kappa shape index (κ3) is 12.8. The van der Waals surface area contributed by atoms with Gasteiger partial charge in [0.25, 0.3) is 0 Å². The van der Waals surface area contributed by atoms with Crippen LogP contribution >= 0.6 is 0 Å². The number of rotatable bonds is 19. The van der Waals surface area contributed by atoms with Gasteiger partial charge in [-0.05, 0) is 46.0 Å². The Balaban J connectivity index is 1.86. The predicted octanol–water partition coefficient (Wildman–Crippen LogP) is 5.17. The Morgan fingerprint density at radius 2 is 0.970 bits per heavy atom. The molecule has 0 aromatic heterocycles. The van der Waals surface area contributed by atoms with Gasteiger partial charge in [0.2, 0.25) is 0 Å². The van der Waals surface area contributed by atoms with Crippen LogP contribution in [0.1, 0.15) is 54.4 Å². The number of esters is 4. The molecule has 0 aromatic rings. The minimum absolute atomic E-state index is 0.0415. The molecule has 3 aliphatic heterocycles. The summed E-state index contributed by atoms with van der Waals surface area (Å²) in [5.41, 5.74) is 56.4. The van der Waals surface area contributed by atoms with Gasteiger partial charge in [-0.3, -0.25) is 19.2 Å². The van der Waals surface area contributed by atoms with Crippen LogP contribution in [0.2, 0.25) is 0 Å². The van der Waals surface area contributed by atoms with Gasteiger partial charge in [0, 0.05) is 63.1 Å². The summed E-state index contributed by atoms with van der Waals surface area (Å²) in [6.45, 7) is 6.17. The number of ether oxygens (including phenoxy) is 10. The molecule has 19 atom stereocenters. The lowest BCUT2D eigenvalue weighted by atomic mass is 9.83. The van der Waals surface area contributed by atoms with Crippen LogP contribution in [0.25, 0.3) is 62.7 Å². The average molecular weight is 937 g/mol. The fourth-order valence-corrected chi connectivity index (χ4v) is 8.00. The van der Waals surface area contributed by atoms with Crippen molar-refractivity contribution in [2.45, 2.75) is 165 Å². The second-order valence-corrected chi connectivity index (χ2v) is 14.9. The Bertz CT molecular complexity index is 2070. The molecule has 3 saturated heterocycles. The Morgan fingerprint density at radius 3 is 1.52 bits per heavy atom. The molecule has 0 N–H and O–H groups in total. The maximum absolute atomic E-state index is 16.0. The molecule has 33 heteroatoms. The van der Waals surface area contributed by atoms with E-state index in [-0.39, 0.29) is 12.8 Å². The molecule has 0 aromatic carbocycles. The van der Waals surface area contributed by atoms with Gasteiger partial charge in [-0.25, -0.2) is 4.39 Å². The number of nitrogens with zero attached hydrogens (tertiary/aromatic N) is 18. The molecule has 358 valence electrons. The summed E-state index contributed by atoms with van der Waals surface area (Å²) in [5, 5.41) is 21.8. The Kier molecular flexibility index (Phi) is 19.4. The molecule has 4 aliphatic rings. The number of halogens is 1. The normalized spacial score (nSPS) is 36.9. The van der Waals surface area contributed by atoms with Crippen LogP contribution in [0.4, 0.5) is 4.39 Å². The summed E-state index contributed by atoms with van der Waals surface area (Å²) in [6, 6.07) is -6.17. The molecule has 32 nitrogen and oxygen atoms in total. The molecular weight excluding hydrogens is 891 g/mol. The molecule has 0 bridgehead atoms. The average Bonchev–Trinajstić information content (AvgIpc) is 3.57. The summed E-state index contributed by atoms with van der Waals surface area (Å²) in [6.07, 6.45) is -22.8. The van der Waals surface area contributed by atoms with Crippen LogP contribution in [0.15, 0.2) is 30.7 Å². The smallest absolute Gasteiger partial charge is 0.303 e. The van der Waals surface area contributed by atoms with Gasteiger partial charge in [0.05, 0.1) is 43.5 Å². The Morgan fingerprint density at radius 1 is 0.530 bits per heavy atom. The van der Waals surface area contributed by atoms with Gasteiger partial charge >= 0.3 is 23.9 Å². The summed E-state index contributed by atoms with van der Waals surface area (Å²) in [4.78, 5) is 66.7. The number of carbonyl (C=O) groups excluding carboxylic acids is 4. The lowest BCUT2D eigenvalue weighted by Gasteiger charge is -2.47. The van der Waals surface area contributed by atoms with Crippen LogP contribution < -0.4 is 0 Å². The molecule has 0 spiro atoms. The topological polar surface area (TPSA) is 453 Å². The maximum atomic E-state index is 16.0. The van der Waals surface area contributed by atoms with Crippen molar-refractivity contribution < 1.29 is 70.9 Å². The molecule has 0 radical (unpaired) electrons. The first kappa shape index (κ1) is 52.1. The third-order valence-corrected chi connectivity index (χ3v) is 10.7. The monoisotopic (exact) mass is 936 g/mol. The molecule has 4 fully saturated rings. The van der Waals surface area contributed by atoms with Crippen molar-refractivity contribution in [3.8, 4) is 0 Å². The van der Waals surface area contributed by atoms with E-state index in [1.165, 1.54) is 6.92 Å². The number of hydrogen-bond acceptors (Lipinski definition) is 20. The molecule has 0 amide bonds. The number of carbonyl (C=O) groups is 4. The van der Waals surface area contributed by atoms with Crippen molar-refractivity contribution in [2.24, 2.45) is 36.6 Å². The number of hydrogen-bond donors (Lipinski definition) is 0. The summed E-state index contributed by atoms with van der Waals surface area (Å²) < 4.78 is 75.6.